The maximum atomic E-state index is 11.0. The van der Waals surface area contributed by atoms with Crippen molar-refractivity contribution in [2.45, 2.75) is 25.9 Å². The fraction of sp³-hybridized carbons (Fsp3) is 0.294. The number of ether oxygens (including phenoxy) is 1. The van der Waals surface area contributed by atoms with Crippen LogP contribution < -0.4 is 10.1 Å². The molecule has 24 heavy (non-hydrogen) atoms. The number of hydrogen-bond acceptors (Lipinski definition) is 4. The van der Waals surface area contributed by atoms with Crippen LogP contribution in [-0.4, -0.2) is 28.2 Å². The summed E-state index contributed by atoms with van der Waals surface area (Å²) in [6, 6.07) is 8.37. The maximum Gasteiger partial charge on any atom is 0.335 e. The second-order valence-electron chi connectivity index (χ2n) is 5.97. The summed E-state index contributed by atoms with van der Waals surface area (Å²) in [6.07, 6.45) is 1.47. The fourth-order valence-electron chi connectivity index (χ4n) is 1.96. The molecular formula is C17H18Cl2N2O3. The van der Waals surface area contributed by atoms with Crippen LogP contribution in [0.15, 0.2) is 36.5 Å². The monoisotopic (exact) mass is 368 g/mol. The number of halogens is 2. The molecule has 0 fully saturated rings. The highest BCUT2D eigenvalue weighted by Crippen LogP contribution is 2.25. The molecule has 1 heterocycles. The second-order valence-corrected chi connectivity index (χ2v) is 6.82. The Balaban J connectivity index is 1.93. The summed E-state index contributed by atoms with van der Waals surface area (Å²) in [6.45, 7) is 4.79. The van der Waals surface area contributed by atoms with E-state index in [0.29, 0.717) is 29.1 Å². The Morgan fingerprint density at radius 3 is 2.75 bits per heavy atom. The molecule has 2 rings (SSSR count). The number of aromatic carboxylic acids is 1. The first kappa shape index (κ1) is 18.5. The van der Waals surface area contributed by atoms with Crippen molar-refractivity contribution >= 4 is 29.2 Å². The molecule has 128 valence electrons. The van der Waals surface area contributed by atoms with Crippen LogP contribution in [-0.2, 0) is 6.54 Å². The molecule has 0 saturated heterocycles. The Labute approximate surface area is 150 Å². The van der Waals surface area contributed by atoms with Crippen LogP contribution in [0.2, 0.25) is 10.0 Å². The summed E-state index contributed by atoms with van der Waals surface area (Å²) < 4.78 is 5.65. The number of carboxylic acid groups (broad SMARTS) is 1. The number of rotatable bonds is 7. The average Bonchev–Trinajstić information content (AvgIpc) is 2.52. The van der Waals surface area contributed by atoms with Gasteiger partial charge in [-0.05, 0) is 37.6 Å². The highest BCUT2D eigenvalue weighted by Gasteiger charge is 2.19. The minimum absolute atomic E-state index is 0.264. The van der Waals surface area contributed by atoms with Gasteiger partial charge in [-0.1, -0.05) is 35.3 Å². The zero-order valence-electron chi connectivity index (χ0n) is 13.3. The van der Waals surface area contributed by atoms with Crippen LogP contribution in [0.5, 0.6) is 5.88 Å². The van der Waals surface area contributed by atoms with E-state index in [2.05, 4.69) is 10.3 Å². The van der Waals surface area contributed by atoms with Crippen molar-refractivity contribution in [2.75, 3.05) is 6.61 Å². The molecule has 0 atom stereocenters. The molecule has 0 amide bonds. The summed E-state index contributed by atoms with van der Waals surface area (Å²) in [7, 11) is 0. The van der Waals surface area contributed by atoms with Gasteiger partial charge in [-0.15, -0.1) is 0 Å². The van der Waals surface area contributed by atoms with Crippen molar-refractivity contribution in [2.24, 2.45) is 0 Å². The summed E-state index contributed by atoms with van der Waals surface area (Å²) in [4.78, 5) is 15.1. The van der Waals surface area contributed by atoms with Crippen LogP contribution in [0.4, 0.5) is 0 Å². The van der Waals surface area contributed by atoms with E-state index < -0.39 is 5.97 Å². The molecule has 0 unspecified atom stereocenters. The average molecular weight is 369 g/mol. The lowest BCUT2D eigenvalue weighted by atomic mass is 10.1. The number of carbonyl (C=O) groups is 1. The quantitative estimate of drug-likeness (QED) is 0.771. The SMILES string of the molecule is CC(C)(COc1ncc(Cl)cc1Cl)NCc1cccc(C(=O)O)c1. The molecule has 1 aromatic carbocycles. The third-order valence-electron chi connectivity index (χ3n) is 3.29. The zero-order valence-corrected chi connectivity index (χ0v) is 14.9. The summed E-state index contributed by atoms with van der Waals surface area (Å²) in [5.41, 5.74) is 0.773. The number of hydrogen-bond donors (Lipinski definition) is 2. The number of nitrogens with zero attached hydrogens (tertiary/aromatic N) is 1. The Morgan fingerprint density at radius 2 is 2.08 bits per heavy atom. The van der Waals surface area contributed by atoms with E-state index in [9.17, 15) is 4.79 Å². The summed E-state index contributed by atoms with van der Waals surface area (Å²) in [5, 5.41) is 13.2. The van der Waals surface area contributed by atoms with Crippen molar-refractivity contribution in [3.8, 4) is 5.88 Å². The third-order valence-corrected chi connectivity index (χ3v) is 3.77. The van der Waals surface area contributed by atoms with Gasteiger partial charge in [0.05, 0.1) is 10.6 Å². The first-order valence-corrected chi connectivity index (χ1v) is 8.03. The Morgan fingerprint density at radius 1 is 1.33 bits per heavy atom. The first-order chi connectivity index (χ1) is 11.3. The predicted octanol–water partition coefficient (Wildman–Crippen LogP) is 4.03. The van der Waals surface area contributed by atoms with E-state index in [1.807, 2.05) is 19.9 Å². The molecule has 7 heteroatoms. The van der Waals surface area contributed by atoms with E-state index in [1.54, 1.807) is 24.3 Å². The van der Waals surface area contributed by atoms with Gasteiger partial charge in [0.25, 0.3) is 0 Å². The Bertz CT molecular complexity index is 736. The van der Waals surface area contributed by atoms with E-state index in [0.717, 1.165) is 5.56 Å². The van der Waals surface area contributed by atoms with E-state index in [1.165, 1.54) is 6.20 Å². The maximum absolute atomic E-state index is 11.0. The first-order valence-electron chi connectivity index (χ1n) is 7.28. The standard InChI is InChI=1S/C17H18Cl2N2O3/c1-17(2,10-24-15-14(19)7-13(18)9-20-15)21-8-11-4-3-5-12(6-11)16(22)23/h3-7,9,21H,8,10H2,1-2H3,(H,22,23). The van der Waals surface area contributed by atoms with Crippen molar-refractivity contribution in [1.29, 1.82) is 0 Å². The largest absolute Gasteiger partial charge is 0.478 e. The molecular weight excluding hydrogens is 351 g/mol. The molecule has 2 aromatic rings. The van der Waals surface area contributed by atoms with E-state index in [-0.39, 0.29) is 11.1 Å². The highest BCUT2D eigenvalue weighted by atomic mass is 35.5. The zero-order chi connectivity index (χ0) is 17.7. The van der Waals surface area contributed by atoms with Gasteiger partial charge in [-0.25, -0.2) is 9.78 Å². The van der Waals surface area contributed by atoms with Crippen LogP contribution in [0.25, 0.3) is 0 Å². The van der Waals surface area contributed by atoms with Crippen molar-refractivity contribution in [1.82, 2.24) is 10.3 Å². The number of carboxylic acids is 1. The van der Waals surface area contributed by atoms with Crippen molar-refractivity contribution in [3.05, 3.63) is 57.7 Å². The fourth-order valence-corrected chi connectivity index (χ4v) is 2.40. The molecule has 0 aliphatic heterocycles. The molecule has 0 saturated carbocycles. The van der Waals surface area contributed by atoms with Crippen LogP contribution >= 0.6 is 23.2 Å². The van der Waals surface area contributed by atoms with Gasteiger partial charge in [-0.3, -0.25) is 0 Å². The van der Waals surface area contributed by atoms with Crippen molar-refractivity contribution < 1.29 is 14.6 Å². The van der Waals surface area contributed by atoms with Gasteiger partial charge in [0, 0.05) is 18.3 Å². The van der Waals surface area contributed by atoms with Gasteiger partial charge in [0.2, 0.25) is 5.88 Å². The smallest absolute Gasteiger partial charge is 0.335 e. The number of benzene rings is 1. The minimum Gasteiger partial charge on any atom is -0.478 e. The minimum atomic E-state index is -0.942. The number of aromatic nitrogens is 1. The molecule has 2 N–H and O–H groups in total. The Hall–Kier alpha value is -1.82. The molecule has 0 spiro atoms. The molecule has 5 nitrogen and oxygen atoms in total. The highest BCUT2D eigenvalue weighted by molar-refractivity contribution is 6.35. The second kappa shape index (κ2) is 7.83. The van der Waals surface area contributed by atoms with Crippen LogP contribution in [0.1, 0.15) is 29.8 Å². The number of nitrogens with one attached hydrogen (secondary N) is 1. The van der Waals surface area contributed by atoms with Crippen LogP contribution in [0, 0.1) is 0 Å². The third kappa shape index (κ3) is 5.37. The summed E-state index contributed by atoms with van der Waals surface area (Å²) in [5.74, 6) is -0.619. The van der Waals surface area contributed by atoms with E-state index >= 15 is 0 Å². The molecule has 0 aliphatic rings. The lowest BCUT2D eigenvalue weighted by Crippen LogP contribution is -2.44. The molecule has 1 aromatic heterocycles. The van der Waals surface area contributed by atoms with E-state index in [4.69, 9.17) is 33.0 Å². The molecule has 0 bridgehead atoms. The normalized spacial score (nSPS) is 11.3. The lowest BCUT2D eigenvalue weighted by Gasteiger charge is -2.26. The van der Waals surface area contributed by atoms with Gasteiger partial charge < -0.3 is 15.2 Å². The van der Waals surface area contributed by atoms with Gasteiger partial charge >= 0.3 is 5.97 Å². The van der Waals surface area contributed by atoms with Gasteiger partial charge in [-0.2, -0.15) is 0 Å². The van der Waals surface area contributed by atoms with Gasteiger partial charge in [0.1, 0.15) is 11.6 Å². The topological polar surface area (TPSA) is 71.5 Å². The van der Waals surface area contributed by atoms with Gasteiger partial charge in [0.15, 0.2) is 0 Å². The lowest BCUT2D eigenvalue weighted by molar-refractivity contribution is 0.0696. The van der Waals surface area contributed by atoms with Crippen molar-refractivity contribution in [3.63, 3.8) is 0 Å². The predicted molar refractivity (Wildman–Crippen MR) is 94.1 cm³/mol. The van der Waals surface area contributed by atoms with Crippen LogP contribution in [0.3, 0.4) is 0 Å². The Kier molecular flexibility index (Phi) is 6.04. The number of pyridine rings is 1. The molecule has 0 aliphatic carbocycles. The molecule has 0 radical (unpaired) electrons. The summed E-state index contributed by atoms with van der Waals surface area (Å²) >= 11 is 11.8.